The maximum absolute atomic E-state index is 12.3. The molecule has 2 rings (SSSR count). The van der Waals surface area contributed by atoms with E-state index in [0.717, 1.165) is 12.0 Å². The van der Waals surface area contributed by atoms with Gasteiger partial charge in [-0.2, -0.15) is 5.10 Å². The lowest BCUT2D eigenvalue weighted by Gasteiger charge is -2.11. The molecule has 2 N–H and O–H groups in total. The van der Waals surface area contributed by atoms with E-state index >= 15 is 0 Å². The lowest BCUT2D eigenvalue weighted by molar-refractivity contribution is -0.122. The number of carbonyl (C=O) groups is 1. The summed E-state index contributed by atoms with van der Waals surface area (Å²) in [7, 11) is 0. The first-order valence-electron chi connectivity index (χ1n) is 8.67. The predicted octanol–water partition coefficient (Wildman–Crippen LogP) is 4.46. The summed E-state index contributed by atoms with van der Waals surface area (Å²) in [6.45, 7) is 8.70. The van der Waals surface area contributed by atoms with Gasteiger partial charge in [0.05, 0.1) is 12.1 Å². The highest BCUT2D eigenvalue weighted by Crippen LogP contribution is 2.24. The lowest BCUT2D eigenvalue weighted by atomic mass is 9.96. The number of amides is 1. The summed E-state index contributed by atoms with van der Waals surface area (Å²) in [5, 5.41) is 14.0. The van der Waals surface area contributed by atoms with Crippen LogP contribution in [0.25, 0.3) is 0 Å². The van der Waals surface area contributed by atoms with Crippen molar-refractivity contribution in [2.24, 2.45) is 11.0 Å². The van der Waals surface area contributed by atoms with Crippen molar-refractivity contribution in [3.05, 3.63) is 44.2 Å². The molecule has 1 aromatic heterocycles. The monoisotopic (exact) mass is 391 g/mol. The van der Waals surface area contributed by atoms with Crippen molar-refractivity contribution in [1.29, 1.82) is 0 Å². The molecule has 0 spiro atoms. The van der Waals surface area contributed by atoms with Gasteiger partial charge in [0.2, 0.25) is 11.8 Å². The molecular formula is C19H25N3O2S2. The van der Waals surface area contributed by atoms with Gasteiger partial charge in [0.15, 0.2) is 3.95 Å². The van der Waals surface area contributed by atoms with Crippen molar-refractivity contribution in [1.82, 2.24) is 9.99 Å². The summed E-state index contributed by atoms with van der Waals surface area (Å²) < 4.78 is 2.19. The molecule has 5 nitrogen and oxygen atoms in total. The van der Waals surface area contributed by atoms with E-state index in [2.05, 4.69) is 36.5 Å². The standard InChI is InChI=1S/C19H25N3O2S2/c1-5-22-18(24)16(26-19(22)25)11-20-21-17(23)13(4)15-8-6-14(7-9-15)10-12(2)3/h6-9,11-13,24H,5,10H2,1-4H3,(H,21,23)/b20-11+. The van der Waals surface area contributed by atoms with Crippen LogP contribution in [0.3, 0.4) is 0 Å². The third kappa shape index (κ3) is 5.02. The van der Waals surface area contributed by atoms with E-state index in [1.54, 1.807) is 4.57 Å². The molecule has 0 saturated heterocycles. The zero-order valence-electron chi connectivity index (χ0n) is 15.5. The average molecular weight is 392 g/mol. The second kappa shape index (κ2) is 9.09. The Morgan fingerprint density at radius 3 is 2.54 bits per heavy atom. The molecule has 1 amide bonds. The zero-order valence-corrected chi connectivity index (χ0v) is 17.2. The smallest absolute Gasteiger partial charge is 0.247 e. The Hall–Kier alpha value is -1.99. The summed E-state index contributed by atoms with van der Waals surface area (Å²) in [5.74, 6) is 0.170. The van der Waals surface area contributed by atoms with Crippen molar-refractivity contribution in [3.8, 4) is 5.88 Å². The number of hydrogen-bond donors (Lipinski definition) is 2. The summed E-state index contributed by atoms with van der Waals surface area (Å²) >= 11 is 6.43. The van der Waals surface area contributed by atoms with Gasteiger partial charge in [-0.05, 0) is 49.5 Å². The highest BCUT2D eigenvalue weighted by molar-refractivity contribution is 7.73. The van der Waals surface area contributed by atoms with Crippen molar-refractivity contribution in [2.75, 3.05) is 0 Å². The lowest BCUT2D eigenvalue weighted by Crippen LogP contribution is -2.23. The number of hydrazone groups is 1. The van der Waals surface area contributed by atoms with Crippen LogP contribution in [0.5, 0.6) is 5.88 Å². The van der Waals surface area contributed by atoms with Gasteiger partial charge in [-0.25, -0.2) is 5.43 Å². The van der Waals surface area contributed by atoms with Gasteiger partial charge >= 0.3 is 0 Å². The number of carbonyl (C=O) groups excluding carboxylic acids is 1. The van der Waals surface area contributed by atoms with Crippen molar-refractivity contribution >= 4 is 35.7 Å². The second-order valence-corrected chi connectivity index (χ2v) is 8.27. The number of hydrogen-bond acceptors (Lipinski definition) is 5. The molecular weight excluding hydrogens is 366 g/mol. The van der Waals surface area contributed by atoms with E-state index in [1.807, 2.05) is 26.0 Å². The number of nitrogens with zero attached hydrogens (tertiary/aromatic N) is 2. The van der Waals surface area contributed by atoms with E-state index < -0.39 is 0 Å². The summed E-state index contributed by atoms with van der Waals surface area (Å²) in [5.41, 5.74) is 4.75. The van der Waals surface area contributed by atoms with Crippen LogP contribution >= 0.6 is 23.6 Å². The molecule has 7 heteroatoms. The quantitative estimate of drug-likeness (QED) is 0.416. The van der Waals surface area contributed by atoms with Crippen LogP contribution in [0.4, 0.5) is 0 Å². The zero-order chi connectivity index (χ0) is 19.3. The van der Waals surface area contributed by atoms with Crippen LogP contribution in [-0.2, 0) is 17.8 Å². The third-order valence-electron chi connectivity index (χ3n) is 4.08. The molecule has 0 fully saturated rings. The molecule has 0 aliphatic rings. The van der Waals surface area contributed by atoms with Crippen LogP contribution in [-0.4, -0.2) is 21.8 Å². The third-order valence-corrected chi connectivity index (χ3v) is 5.46. The first kappa shape index (κ1) is 20.3. The Labute approximate surface area is 163 Å². The number of thiazole rings is 1. The molecule has 1 heterocycles. The maximum atomic E-state index is 12.3. The van der Waals surface area contributed by atoms with E-state index in [-0.39, 0.29) is 17.7 Å². The topological polar surface area (TPSA) is 66.6 Å². The first-order valence-corrected chi connectivity index (χ1v) is 9.90. The van der Waals surface area contributed by atoms with Crippen molar-refractivity contribution < 1.29 is 9.90 Å². The Kier molecular flexibility index (Phi) is 7.11. The molecule has 2 aromatic rings. The van der Waals surface area contributed by atoms with E-state index in [9.17, 15) is 9.90 Å². The van der Waals surface area contributed by atoms with Gasteiger partial charge in [-0.3, -0.25) is 9.36 Å². The molecule has 1 unspecified atom stereocenters. The fourth-order valence-electron chi connectivity index (χ4n) is 2.59. The minimum atomic E-state index is -0.313. The van der Waals surface area contributed by atoms with E-state index in [0.29, 0.717) is 21.3 Å². The average Bonchev–Trinajstić information content (AvgIpc) is 2.87. The van der Waals surface area contributed by atoms with Gasteiger partial charge in [0.1, 0.15) is 4.88 Å². The van der Waals surface area contributed by atoms with Gasteiger partial charge < -0.3 is 5.11 Å². The molecule has 0 bridgehead atoms. The number of nitrogens with one attached hydrogen (secondary N) is 1. The number of benzene rings is 1. The number of rotatable bonds is 7. The molecule has 26 heavy (non-hydrogen) atoms. The molecule has 0 radical (unpaired) electrons. The van der Waals surface area contributed by atoms with Gasteiger partial charge in [-0.1, -0.05) is 49.4 Å². The highest BCUT2D eigenvalue weighted by Gasteiger charge is 2.15. The first-order chi connectivity index (χ1) is 12.3. The molecule has 140 valence electrons. The minimum absolute atomic E-state index is 0.0780. The van der Waals surface area contributed by atoms with Crippen molar-refractivity contribution in [2.45, 2.75) is 46.6 Å². The molecule has 1 atom stereocenters. The largest absolute Gasteiger partial charge is 0.493 e. The Balaban J connectivity index is 2.00. The van der Waals surface area contributed by atoms with Crippen LogP contribution < -0.4 is 5.43 Å². The van der Waals surface area contributed by atoms with Crippen LogP contribution in [0, 0.1) is 9.87 Å². The van der Waals surface area contributed by atoms with Crippen LogP contribution in [0.1, 0.15) is 49.6 Å². The van der Waals surface area contributed by atoms with E-state index in [4.69, 9.17) is 12.2 Å². The van der Waals surface area contributed by atoms with Crippen molar-refractivity contribution in [3.63, 3.8) is 0 Å². The van der Waals surface area contributed by atoms with Gasteiger partial charge in [0, 0.05) is 6.54 Å². The van der Waals surface area contributed by atoms with Gasteiger partial charge in [0.25, 0.3) is 0 Å². The number of aromatic nitrogens is 1. The molecule has 0 aliphatic carbocycles. The van der Waals surface area contributed by atoms with E-state index in [1.165, 1.54) is 23.1 Å². The minimum Gasteiger partial charge on any atom is -0.493 e. The predicted molar refractivity (Wildman–Crippen MR) is 110 cm³/mol. The highest BCUT2D eigenvalue weighted by atomic mass is 32.1. The molecule has 1 aromatic carbocycles. The summed E-state index contributed by atoms with van der Waals surface area (Å²) in [4.78, 5) is 12.8. The maximum Gasteiger partial charge on any atom is 0.247 e. The SMILES string of the molecule is CCn1c(O)c(/C=N/NC(=O)C(C)c2ccc(CC(C)C)cc2)sc1=S. The molecule has 0 aliphatic heterocycles. The van der Waals surface area contributed by atoms with Crippen LogP contribution in [0.15, 0.2) is 29.4 Å². The Bertz CT molecular complexity index is 835. The Morgan fingerprint density at radius 1 is 1.35 bits per heavy atom. The summed E-state index contributed by atoms with van der Waals surface area (Å²) in [6.07, 6.45) is 2.45. The molecule has 0 saturated carbocycles. The second-order valence-electron chi connectivity index (χ2n) is 6.60. The normalized spacial score (nSPS) is 12.7. The Morgan fingerprint density at radius 2 is 2.00 bits per heavy atom. The van der Waals surface area contributed by atoms with Gasteiger partial charge in [-0.15, -0.1) is 0 Å². The van der Waals surface area contributed by atoms with Crippen LogP contribution in [0.2, 0.25) is 0 Å². The summed E-state index contributed by atoms with van der Waals surface area (Å²) in [6, 6.07) is 8.12. The fourth-order valence-corrected chi connectivity index (χ4v) is 3.90. The fraction of sp³-hybridized carbons (Fsp3) is 0.421. The number of aromatic hydroxyl groups is 1.